The molecule has 3 N–H and O–H groups in total. The molecule has 0 radical (unpaired) electrons. The smallest absolute Gasteiger partial charge is 0.226 e. The minimum Gasteiger partial charge on any atom is -0.355 e. The second-order valence-corrected chi connectivity index (χ2v) is 1.68. The first-order valence-corrected chi connectivity index (χ1v) is 2.32. The van der Waals surface area contributed by atoms with Crippen molar-refractivity contribution in [3.8, 4) is 0 Å². The fourth-order valence-electron chi connectivity index (χ4n) is 0.520. The molecular weight excluding hydrogens is 92.1 g/mol. The van der Waals surface area contributed by atoms with Crippen molar-refractivity contribution < 1.29 is 4.79 Å². The van der Waals surface area contributed by atoms with Gasteiger partial charge in [0.15, 0.2) is 0 Å². The van der Waals surface area contributed by atoms with Crippen LogP contribution in [-0.2, 0) is 4.79 Å². The van der Waals surface area contributed by atoms with Gasteiger partial charge in [0, 0.05) is 13.1 Å². The average Bonchev–Trinajstić information content (AvgIpc) is 1.65. The molecule has 0 saturated carbocycles. The van der Waals surface area contributed by atoms with Crippen molar-refractivity contribution in [1.29, 1.82) is 0 Å². The van der Waals surface area contributed by atoms with Gasteiger partial charge in [-0.2, -0.15) is 0 Å². The summed E-state index contributed by atoms with van der Waals surface area (Å²) in [7, 11) is 0. The lowest BCUT2D eigenvalue weighted by Gasteiger charge is -2.23. The fraction of sp³-hybridized carbons (Fsp3) is 0.750. The summed E-state index contributed by atoms with van der Waals surface area (Å²) < 4.78 is 0. The third kappa shape index (κ3) is 0.587. The molecule has 1 saturated heterocycles. The van der Waals surface area contributed by atoms with Crippen LogP contribution in [-0.4, -0.2) is 19.0 Å². The van der Waals surface area contributed by atoms with Gasteiger partial charge in [0.2, 0.25) is 5.91 Å². The van der Waals surface area contributed by atoms with Gasteiger partial charge in [-0.15, -0.1) is 0 Å². The summed E-state index contributed by atoms with van der Waals surface area (Å²) in [6.45, 7) is 1.27. The summed E-state index contributed by atoms with van der Waals surface area (Å²) >= 11 is 0. The molecule has 0 bridgehead atoms. The lowest BCUT2D eigenvalue weighted by atomic mass is 10.0. The fourth-order valence-corrected chi connectivity index (χ4v) is 0.520. The van der Waals surface area contributed by atoms with Crippen molar-refractivity contribution in [2.24, 2.45) is 11.7 Å². The molecule has 0 aromatic rings. The Labute approximate surface area is 41.9 Å². The second kappa shape index (κ2) is 1.50. The van der Waals surface area contributed by atoms with Crippen LogP contribution in [0.15, 0.2) is 0 Å². The van der Waals surface area contributed by atoms with Crippen molar-refractivity contribution in [3.05, 3.63) is 0 Å². The van der Waals surface area contributed by atoms with Gasteiger partial charge in [0.05, 0.1) is 5.92 Å². The first-order valence-electron chi connectivity index (χ1n) is 2.32. The maximum absolute atomic E-state index is 10.3. The molecule has 1 atom stereocenters. The van der Waals surface area contributed by atoms with Crippen LogP contribution in [0.1, 0.15) is 0 Å². The lowest BCUT2D eigenvalue weighted by molar-refractivity contribution is -0.130. The Kier molecular flexibility index (Phi) is 0.982. The zero-order valence-corrected chi connectivity index (χ0v) is 3.98. The Morgan fingerprint density at radius 1 is 2.00 bits per heavy atom. The minimum atomic E-state index is 0.0995. The highest BCUT2D eigenvalue weighted by Crippen LogP contribution is 1.99. The van der Waals surface area contributed by atoms with E-state index in [4.69, 9.17) is 5.73 Å². The molecule has 0 spiro atoms. The van der Waals surface area contributed by atoms with Gasteiger partial charge in [-0.05, 0) is 0 Å². The van der Waals surface area contributed by atoms with Crippen molar-refractivity contribution >= 4 is 5.91 Å². The zero-order valence-electron chi connectivity index (χ0n) is 3.98. The summed E-state index contributed by atoms with van der Waals surface area (Å²) in [5, 5.41) is 2.59. The van der Waals surface area contributed by atoms with Crippen LogP contribution in [0.25, 0.3) is 0 Å². The molecule has 0 aliphatic carbocycles. The van der Waals surface area contributed by atoms with E-state index < -0.39 is 0 Å². The SMILES string of the molecule is NCC1CNC1=O. The van der Waals surface area contributed by atoms with Crippen LogP contribution in [0.5, 0.6) is 0 Å². The molecule has 1 heterocycles. The number of amides is 1. The van der Waals surface area contributed by atoms with E-state index in [1.807, 2.05) is 0 Å². The van der Waals surface area contributed by atoms with Crippen LogP contribution in [0, 0.1) is 5.92 Å². The van der Waals surface area contributed by atoms with E-state index in [0.717, 1.165) is 6.54 Å². The standard InChI is InChI=1S/C4H8N2O/c5-1-3-2-6-4(3)7/h3H,1-2,5H2,(H,6,7). The number of hydrogen-bond donors (Lipinski definition) is 2. The Hall–Kier alpha value is -0.570. The molecule has 1 fully saturated rings. The Bertz CT molecular complexity index is 89.7. The number of carbonyl (C=O) groups excluding carboxylic acids is 1. The maximum atomic E-state index is 10.3. The van der Waals surface area contributed by atoms with Crippen LogP contribution in [0.4, 0.5) is 0 Å². The van der Waals surface area contributed by atoms with Gasteiger partial charge in [-0.1, -0.05) is 0 Å². The van der Waals surface area contributed by atoms with Gasteiger partial charge in [-0.25, -0.2) is 0 Å². The molecule has 3 nitrogen and oxygen atoms in total. The van der Waals surface area contributed by atoms with Crippen molar-refractivity contribution in [2.45, 2.75) is 0 Å². The van der Waals surface area contributed by atoms with Crippen LogP contribution >= 0.6 is 0 Å². The molecule has 1 unspecified atom stereocenters. The van der Waals surface area contributed by atoms with E-state index >= 15 is 0 Å². The van der Waals surface area contributed by atoms with Crippen LogP contribution in [0.3, 0.4) is 0 Å². The quantitative estimate of drug-likeness (QED) is 0.402. The third-order valence-corrected chi connectivity index (χ3v) is 1.18. The van der Waals surface area contributed by atoms with Gasteiger partial charge in [-0.3, -0.25) is 4.79 Å². The van der Waals surface area contributed by atoms with E-state index in [2.05, 4.69) is 5.32 Å². The Morgan fingerprint density at radius 2 is 2.71 bits per heavy atom. The molecule has 1 amide bonds. The maximum Gasteiger partial charge on any atom is 0.226 e. The molecular formula is C4H8N2O. The summed E-state index contributed by atoms with van der Waals surface area (Å²) in [6.07, 6.45) is 0. The van der Waals surface area contributed by atoms with Crippen LogP contribution < -0.4 is 11.1 Å². The normalized spacial score (nSPS) is 28.7. The first-order chi connectivity index (χ1) is 3.34. The highest BCUT2D eigenvalue weighted by Gasteiger charge is 2.24. The third-order valence-electron chi connectivity index (χ3n) is 1.18. The number of hydrogen-bond acceptors (Lipinski definition) is 2. The second-order valence-electron chi connectivity index (χ2n) is 1.68. The van der Waals surface area contributed by atoms with Gasteiger partial charge in [0.1, 0.15) is 0 Å². The van der Waals surface area contributed by atoms with Crippen LogP contribution in [0.2, 0.25) is 0 Å². The molecule has 7 heavy (non-hydrogen) atoms. The Balaban J connectivity index is 2.29. The first kappa shape index (κ1) is 4.59. The highest BCUT2D eigenvalue weighted by molar-refractivity contribution is 5.84. The van der Waals surface area contributed by atoms with Gasteiger partial charge >= 0.3 is 0 Å². The molecule has 0 aromatic heterocycles. The molecule has 1 rings (SSSR count). The topological polar surface area (TPSA) is 55.1 Å². The average molecular weight is 100 g/mol. The molecule has 1 aliphatic rings. The number of β-lactam (4-membered cyclic amide) rings is 1. The number of rotatable bonds is 1. The van der Waals surface area contributed by atoms with E-state index in [-0.39, 0.29) is 11.8 Å². The number of nitrogens with one attached hydrogen (secondary N) is 1. The van der Waals surface area contributed by atoms with Crippen molar-refractivity contribution in [1.82, 2.24) is 5.32 Å². The minimum absolute atomic E-state index is 0.0995. The lowest BCUT2D eigenvalue weighted by Crippen LogP contribution is -2.51. The van der Waals surface area contributed by atoms with Gasteiger partial charge in [0.25, 0.3) is 0 Å². The largest absolute Gasteiger partial charge is 0.355 e. The van der Waals surface area contributed by atoms with E-state index in [1.165, 1.54) is 0 Å². The summed E-state index contributed by atoms with van der Waals surface area (Å²) in [5.41, 5.74) is 5.16. The van der Waals surface area contributed by atoms with Crippen molar-refractivity contribution in [3.63, 3.8) is 0 Å². The predicted molar refractivity (Wildman–Crippen MR) is 25.6 cm³/mol. The Morgan fingerprint density at radius 3 is 2.71 bits per heavy atom. The number of nitrogens with two attached hydrogens (primary N) is 1. The van der Waals surface area contributed by atoms with E-state index in [0.29, 0.717) is 6.54 Å². The highest BCUT2D eigenvalue weighted by atomic mass is 16.2. The molecule has 0 aromatic carbocycles. The predicted octanol–water partition coefficient (Wildman–Crippen LogP) is -1.31. The summed E-state index contributed by atoms with van der Waals surface area (Å²) in [5.74, 6) is 0.211. The van der Waals surface area contributed by atoms with Crippen molar-refractivity contribution in [2.75, 3.05) is 13.1 Å². The number of carbonyl (C=O) groups is 1. The molecule has 1 aliphatic heterocycles. The van der Waals surface area contributed by atoms with E-state index in [9.17, 15) is 4.79 Å². The monoisotopic (exact) mass is 100 g/mol. The van der Waals surface area contributed by atoms with E-state index in [1.54, 1.807) is 0 Å². The molecule has 3 heteroatoms. The molecule has 40 valence electrons. The zero-order chi connectivity index (χ0) is 5.28. The summed E-state index contributed by atoms with van der Waals surface area (Å²) in [4.78, 5) is 10.3. The van der Waals surface area contributed by atoms with Gasteiger partial charge < -0.3 is 11.1 Å². The summed E-state index contributed by atoms with van der Waals surface area (Å²) in [6, 6.07) is 0.